The molecule has 46 heavy (non-hydrogen) atoms. The zero-order chi connectivity index (χ0) is 31.9. The van der Waals surface area contributed by atoms with Gasteiger partial charge < -0.3 is 26.2 Å². The molecule has 2 fully saturated rings. The van der Waals surface area contributed by atoms with E-state index in [0.29, 0.717) is 30.6 Å². The van der Waals surface area contributed by atoms with Crippen LogP contribution in [-0.2, 0) is 11.0 Å². The van der Waals surface area contributed by atoms with Crippen LogP contribution in [0.3, 0.4) is 0 Å². The van der Waals surface area contributed by atoms with Crippen LogP contribution in [0.4, 0.5) is 30.5 Å². The van der Waals surface area contributed by atoms with Crippen molar-refractivity contribution in [2.75, 3.05) is 48.7 Å². The van der Waals surface area contributed by atoms with Gasteiger partial charge in [0.05, 0.1) is 35.3 Å². The molecular formula is C29H34F3N13O. The minimum atomic E-state index is -4.48. The summed E-state index contributed by atoms with van der Waals surface area (Å²) in [5.74, 6) is 1.24. The molecule has 1 aromatic carbocycles. The summed E-state index contributed by atoms with van der Waals surface area (Å²) < 4.78 is 39.3. The number of likely N-dealkylation sites (tertiary alicyclic amines) is 1. The lowest BCUT2D eigenvalue weighted by molar-refractivity contribution is -0.137. The summed E-state index contributed by atoms with van der Waals surface area (Å²) in [6.07, 6.45) is 5.89. The summed E-state index contributed by atoms with van der Waals surface area (Å²) in [6, 6.07) is 5.55. The van der Waals surface area contributed by atoms with Crippen molar-refractivity contribution in [3.63, 3.8) is 0 Å². The van der Waals surface area contributed by atoms with Crippen LogP contribution in [0.25, 0.3) is 22.1 Å². The standard InChI is InChI=1S/C19H20F3N7O.C10H14N6/c20-19(21,22)14-5-1-2-6-15(14)23-9-16(30)29-7-3-4-12(10-29)27-17-13-8-26-28-18(13)25-11-24-17;1-2-7(4-11-3-1)15-9-8-5-14-16-10(8)13-6-12-9/h1-2,5-6,8,11-12,23H,3-4,7,9-10H2,(H2,24,25,26,27,28);5-7,11H,1-4H2,(H2,12,13,14,15,16)/t12-;7-/m00/s1. The number of anilines is 3. The average molecular weight is 638 g/mol. The molecule has 17 heteroatoms. The monoisotopic (exact) mass is 637 g/mol. The normalized spacial score (nSPS) is 18.5. The third-order valence-corrected chi connectivity index (χ3v) is 7.91. The highest BCUT2D eigenvalue weighted by atomic mass is 19.4. The predicted octanol–water partition coefficient (Wildman–Crippen LogP) is 3.40. The third kappa shape index (κ3) is 7.42. The molecule has 242 valence electrons. The van der Waals surface area contributed by atoms with Gasteiger partial charge in [0.1, 0.15) is 24.3 Å². The zero-order valence-corrected chi connectivity index (χ0v) is 24.8. The van der Waals surface area contributed by atoms with Crippen LogP contribution in [0.15, 0.2) is 49.3 Å². The second kappa shape index (κ2) is 13.9. The van der Waals surface area contributed by atoms with E-state index >= 15 is 0 Å². The van der Waals surface area contributed by atoms with Gasteiger partial charge in [0.15, 0.2) is 11.3 Å². The number of fused-ring (bicyclic) bond motifs is 2. The molecule has 2 saturated heterocycles. The largest absolute Gasteiger partial charge is 0.418 e. The second-order valence-corrected chi connectivity index (χ2v) is 11.1. The van der Waals surface area contributed by atoms with Gasteiger partial charge in [-0.25, -0.2) is 19.9 Å². The number of hydrogen-bond donors (Lipinski definition) is 6. The molecule has 6 heterocycles. The van der Waals surface area contributed by atoms with Crippen molar-refractivity contribution in [3.8, 4) is 0 Å². The summed E-state index contributed by atoms with van der Waals surface area (Å²) in [5, 5.41) is 28.0. The molecule has 4 aromatic heterocycles. The highest BCUT2D eigenvalue weighted by Crippen LogP contribution is 2.34. The molecule has 1 amide bonds. The first-order chi connectivity index (χ1) is 22.3. The van der Waals surface area contributed by atoms with E-state index in [9.17, 15) is 18.0 Å². The molecule has 5 aromatic rings. The Hall–Kier alpha value is -5.06. The maximum absolute atomic E-state index is 13.1. The number of H-pyrrole nitrogens is 2. The fourth-order valence-corrected chi connectivity index (χ4v) is 5.61. The summed E-state index contributed by atoms with van der Waals surface area (Å²) in [5.41, 5.74) is 0.502. The Morgan fingerprint density at radius 1 is 0.891 bits per heavy atom. The van der Waals surface area contributed by atoms with Gasteiger partial charge in [-0.3, -0.25) is 15.0 Å². The van der Waals surface area contributed by atoms with Crippen molar-refractivity contribution in [2.45, 2.75) is 43.9 Å². The lowest BCUT2D eigenvalue weighted by Crippen LogP contribution is -2.47. The molecule has 0 bridgehead atoms. The fraction of sp³-hybridized carbons (Fsp3) is 0.414. The number of carbonyl (C=O) groups is 1. The Morgan fingerprint density at radius 3 is 2.20 bits per heavy atom. The Kier molecular flexibility index (Phi) is 9.37. The Bertz CT molecular complexity index is 1750. The number of amides is 1. The SMILES string of the molecule is O=C(CNc1ccccc1C(F)(F)F)N1CCC[C@H](Nc2ncnc3[nH]ncc23)C1.c1nc(N[C@H]2CCCNC2)c2cn[nH]c2n1. The van der Waals surface area contributed by atoms with E-state index in [4.69, 9.17) is 0 Å². The Balaban J connectivity index is 0.000000194. The van der Waals surface area contributed by atoms with Gasteiger partial charge in [-0.1, -0.05) is 12.1 Å². The molecular weight excluding hydrogens is 603 g/mol. The lowest BCUT2D eigenvalue weighted by Gasteiger charge is -2.33. The van der Waals surface area contributed by atoms with Gasteiger partial charge in [0, 0.05) is 37.4 Å². The Morgan fingerprint density at radius 2 is 1.54 bits per heavy atom. The molecule has 6 N–H and O–H groups in total. The number of piperidine rings is 2. The maximum Gasteiger partial charge on any atom is 0.418 e. The molecule has 0 spiro atoms. The lowest BCUT2D eigenvalue weighted by atomic mass is 10.1. The molecule has 7 rings (SSSR count). The smallest absolute Gasteiger partial charge is 0.376 e. The van der Waals surface area contributed by atoms with Gasteiger partial charge in [0.25, 0.3) is 0 Å². The first-order valence-corrected chi connectivity index (χ1v) is 15.0. The van der Waals surface area contributed by atoms with Crippen LogP contribution in [0.5, 0.6) is 0 Å². The molecule has 2 atom stereocenters. The van der Waals surface area contributed by atoms with Crippen molar-refractivity contribution in [1.29, 1.82) is 0 Å². The van der Waals surface area contributed by atoms with Crippen LogP contribution >= 0.6 is 0 Å². The quantitative estimate of drug-likeness (QED) is 0.154. The number of alkyl halides is 3. The molecule has 14 nitrogen and oxygen atoms in total. The minimum absolute atomic E-state index is 0.0295. The number of hydrogen-bond acceptors (Lipinski definition) is 11. The average Bonchev–Trinajstić information content (AvgIpc) is 3.76. The van der Waals surface area contributed by atoms with Gasteiger partial charge in [-0.2, -0.15) is 23.4 Å². The van der Waals surface area contributed by atoms with E-state index < -0.39 is 11.7 Å². The number of rotatable bonds is 7. The van der Waals surface area contributed by atoms with Crippen LogP contribution < -0.4 is 21.3 Å². The van der Waals surface area contributed by atoms with E-state index in [1.165, 1.54) is 37.4 Å². The minimum Gasteiger partial charge on any atom is -0.376 e. The molecule has 2 aliphatic rings. The fourth-order valence-electron chi connectivity index (χ4n) is 5.61. The Labute approximate surface area is 261 Å². The van der Waals surface area contributed by atoms with E-state index in [2.05, 4.69) is 61.6 Å². The van der Waals surface area contributed by atoms with Crippen molar-refractivity contribution in [1.82, 2.24) is 50.5 Å². The third-order valence-electron chi connectivity index (χ3n) is 7.91. The molecule has 2 aliphatic heterocycles. The first-order valence-electron chi connectivity index (χ1n) is 15.0. The maximum atomic E-state index is 13.1. The highest BCUT2D eigenvalue weighted by Gasteiger charge is 2.33. The topological polar surface area (TPSA) is 177 Å². The van der Waals surface area contributed by atoms with Gasteiger partial charge in [-0.05, 0) is 44.4 Å². The van der Waals surface area contributed by atoms with E-state index in [-0.39, 0.29) is 24.2 Å². The van der Waals surface area contributed by atoms with E-state index in [1.807, 2.05) is 0 Å². The summed E-state index contributed by atoms with van der Waals surface area (Å²) >= 11 is 0. The van der Waals surface area contributed by atoms with Gasteiger partial charge in [-0.15, -0.1) is 0 Å². The number of para-hydroxylation sites is 1. The molecule has 0 unspecified atom stereocenters. The van der Waals surface area contributed by atoms with Crippen LogP contribution in [-0.4, -0.2) is 95.9 Å². The summed E-state index contributed by atoms with van der Waals surface area (Å²) in [7, 11) is 0. The number of halogens is 3. The predicted molar refractivity (Wildman–Crippen MR) is 166 cm³/mol. The van der Waals surface area contributed by atoms with Gasteiger partial charge >= 0.3 is 6.18 Å². The van der Waals surface area contributed by atoms with E-state index in [0.717, 1.165) is 54.2 Å². The van der Waals surface area contributed by atoms with Crippen molar-refractivity contribution in [3.05, 3.63) is 54.9 Å². The molecule has 0 saturated carbocycles. The number of aromatic amines is 2. The van der Waals surface area contributed by atoms with Crippen LogP contribution in [0, 0.1) is 0 Å². The van der Waals surface area contributed by atoms with Crippen molar-refractivity contribution >= 4 is 45.3 Å². The zero-order valence-electron chi connectivity index (χ0n) is 24.8. The van der Waals surface area contributed by atoms with Crippen molar-refractivity contribution < 1.29 is 18.0 Å². The van der Waals surface area contributed by atoms with Crippen LogP contribution in [0.2, 0.25) is 0 Å². The number of benzene rings is 1. The molecule has 0 aliphatic carbocycles. The van der Waals surface area contributed by atoms with Crippen LogP contribution in [0.1, 0.15) is 31.2 Å². The second-order valence-electron chi connectivity index (χ2n) is 11.1. The number of nitrogens with one attached hydrogen (secondary N) is 6. The number of carbonyl (C=O) groups excluding carboxylic acids is 1. The van der Waals surface area contributed by atoms with Crippen molar-refractivity contribution in [2.24, 2.45) is 0 Å². The summed E-state index contributed by atoms with van der Waals surface area (Å²) in [4.78, 5) is 31.0. The highest BCUT2D eigenvalue weighted by molar-refractivity contribution is 5.86. The summed E-state index contributed by atoms with van der Waals surface area (Å²) in [6.45, 7) is 2.89. The van der Waals surface area contributed by atoms with E-state index in [1.54, 1.807) is 23.6 Å². The number of aromatic nitrogens is 8. The molecule has 0 radical (unpaired) electrons. The van der Waals surface area contributed by atoms with Gasteiger partial charge in [0.2, 0.25) is 5.91 Å². The number of nitrogens with zero attached hydrogens (tertiary/aromatic N) is 7. The first kappa shape index (κ1) is 30.9.